The summed E-state index contributed by atoms with van der Waals surface area (Å²) in [4.78, 5) is 2.15. The van der Waals surface area contributed by atoms with Crippen LogP contribution in [0.15, 0.2) is 35.1 Å². The quantitative estimate of drug-likeness (QED) is 0.940. The number of aryl methyl sites for hydroxylation is 1. The van der Waals surface area contributed by atoms with Crippen molar-refractivity contribution in [2.45, 2.75) is 19.6 Å². The molecule has 0 radical (unpaired) electrons. The lowest BCUT2D eigenvalue weighted by molar-refractivity contribution is 0.198. The molecule has 0 aliphatic rings. The Bertz CT molecular complexity index is 566. The molecule has 0 aliphatic heterocycles. The van der Waals surface area contributed by atoms with Crippen LogP contribution in [0, 0.1) is 0 Å². The van der Waals surface area contributed by atoms with Crippen LogP contribution in [-0.4, -0.2) is 21.9 Å². The van der Waals surface area contributed by atoms with E-state index in [2.05, 4.69) is 25.9 Å². The molecule has 0 spiro atoms. The van der Waals surface area contributed by atoms with Gasteiger partial charge in [0.25, 0.3) is 0 Å². The van der Waals surface area contributed by atoms with Crippen LogP contribution in [0.5, 0.6) is 0 Å². The number of benzene rings is 1. The van der Waals surface area contributed by atoms with Gasteiger partial charge in [-0.2, -0.15) is 5.10 Å². The molecule has 0 fully saturated rings. The largest absolute Gasteiger partial charge is 0.389 e. The fourth-order valence-corrected chi connectivity index (χ4v) is 2.71. The van der Waals surface area contributed by atoms with Crippen molar-refractivity contribution in [1.82, 2.24) is 9.78 Å². The van der Waals surface area contributed by atoms with Crippen LogP contribution in [-0.2, 0) is 13.6 Å². The van der Waals surface area contributed by atoms with Crippen LogP contribution in [0.1, 0.15) is 24.2 Å². The number of hydrogen-bond acceptors (Lipinski definition) is 3. The summed E-state index contributed by atoms with van der Waals surface area (Å²) in [6.07, 6.45) is 3.41. The zero-order chi connectivity index (χ0) is 14.0. The topological polar surface area (TPSA) is 41.3 Å². The molecule has 19 heavy (non-hydrogen) atoms. The summed E-state index contributed by atoms with van der Waals surface area (Å²) in [6.45, 7) is 2.56. The van der Waals surface area contributed by atoms with Gasteiger partial charge in [-0.1, -0.05) is 22.0 Å². The summed E-state index contributed by atoms with van der Waals surface area (Å²) >= 11 is 3.50. The van der Waals surface area contributed by atoms with E-state index in [0.717, 1.165) is 22.3 Å². The number of rotatable bonds is 4. The number of aliphatic hydroxyl groups is 1. The zero-order valence-corrected chi connectivity index (χ0v) is 12.9. The van der Waals surface area contributed by atoms with Crippen LogP contribution in [0.3, 0.4) is 0 Å². The van der Waals surface area contributed by atoms with Crippen LogP contribution in [0.4, 0.5) is 5.69 Å². The second kappa shape index (κ2) is 5.75. The molecule has 5 heteroatoms. The van der Waals surface area contributed by atoms with E-state index in [1.54, 1.807) is 11.6 Å². The van der Waals surface area contributed by atoms with E-state index in [1.165, 1.54) is 5.56 Å². The van der Waals surface area contributed by atoms with Gasteiger partial charge < -0.3 is 10.0 Å². The Morgan fingerprint density at radius 2 is 2.21 bits per heavy atom. The first-order valence-corrected chi connectivity index (χ1v) is 6.93. The first-order chi connectivity index (χ1) is 8.97. The minimum Gasteiger partial charge on any atom is -0.389 e. The average Bonchev–Trinajstić information content (AvgIpc) is 2.74. The van der Waals surface area contributed by atoms with Crippen LogP contribution in [0.25, 0.3) is 0 Å². The summed E-state index contributed by atoms with van der Waals surface area (Å²) < 4.78 is 2.73. The van der Waals surface area contributed by atoms with Crippen molar-refractivity contribution >= 4 is 21.6 Å². The number of hydrogen-bond donors (Lipinski definition) is 1. The maximum atomic E-state index is 9.62. The predicted molar refractivity (Wildman–Crippen MR) is 80.1 cm³/mol. The van der Waals surface area contributed by atoms with Crippen molar-refractivity contribution in [3.05, 3.63) is 46.2 Å². The zero-order valence-electron chi connectivity index (χ0n) is 11.3. The fraction of sp³-hybridized carbons (Fsp3) is 0.357. The predicted octanol–water partition coefficient (Wildman–Crippen LogP) is 2.87. The summed E-state index contributed by atoms with van der Waals surface area (Å²) in [5, 5.41) is 13.8. The third-order valence-electron chi connectivity index (χ3n) is 3.05. The molecule has 0 aliphatic carbocycles. The molecule has 0 bridgehead atoms. The average molecular weight is 324 g/mol. The van der Waals surface area contributed by atoms with Crippen molar-refractivity contribution < 1.29 is 5.11 Å². The molecule has 1 heterocycles. The van der Waals surface area contributed by atoms with Gasteiger partial charge in [-0.25, -0.2) is 0 Å². The second-order valence-corrected chi connectivity index (χ2v) is 5.61. The van der Waals surface area contributed by atoms with Crippen LogP contribution >= 0.6 is 15.9 Å². The van der Waals surface area contributed by atoms with Gasteiger partial charge in [-0.3, -0.25) is 4.68 Å². The van der Waals surface area contributed by atoms with E-state index in [1.807, 2.05) is 44.7 Å². The van der Waals surface area contributed by atoms with Gasteiger partial charge in [0.2, 0.25) is 0 Å². The Kier molecular flexibility index (Phi) is 4.27. The lowest BCUT2D eigenvalue weighted by Crippen LogP contribution is -2.16. The van der Waals surface area contributed by atoms with Gasteiger partial charge >= 0.3 is 0 Å². The first kappa shape index (κ1) is 14.1. The lowest BCUT2D eigenvalue weighted by Gasteiger charge is -2.20. The molecule has 0 saturated carbocycles. The molecule has 102 valence electrons. The van der Waals surface area contributed by atoms with Crippen molar-refractivity contribution in [3.8, 4) is 0 Å². The number of aliphatic hydroxyl groups excluding tert-OH is 1. The van der Waals surface area contributed by atoms with Gasteiger partial charge in [-0.15, -0.1) is 0 Å². The summed E-state index contributed by atoms with van der Waals surface area (Å²) in [7, 11) is 3.95. The van der Waals surface area contributed by atoms with Crippen molar-refractivity contribution in [3.63, 3.8) is 0 Å². The second-order valence-electron chi connectivity index (χ2n) is 4.76. The number of anilines is 1. The molecule has 1 N–H and O–H groups in total. The van der Waals surface area contributed by atoms with Crippen molar-refractivity contribution in [2.24, 2.45) is 7.05 Å². The molecule has 2 aromatic rings. The minimum absolute atomic E-state index is 0.466. The lowest BCUT2D eigenvalue weighted by atomic mass is 10.1. The van der Waals surface area contributed by atoms with Gasteiger partial charge in [0.15, 0.2) is 0 Å². The Morgan fingerprint density at radius 3 is 2.74 bits per heavy atom. The molecule has 1 aromatic heterocycles. The molecule has 0 saturated heterocycles. The van der Waals surface area contributed by atoms with E-state index in [9.17, 15) is 5.11 Å². The van der Waals surface area contributed by atoms with E-state index in [-0.39, 0.29) is 0 Å². The monoisotopic (exact) mass is 323 g/mol. The summed E-state index contributed by atoms with van der Waals surface area (Å²) in [5.74, 6) is 0. The third kappa shape index (κ3) is 3.36. The molecular weight excluding hydrogens is 306 g/mol. The van der Waals surface area contributed by atoms with E-state index in [4.69, 9.17) is 0 Å². The van der Waals surface area contributed by atoms with Crippen molar-refractivity contribution in [2.75, 3.05) is 11.9 Å². The molecule has 1 aromatic carbocycles. The standard InChI is InChI=1S/C14H18BrN3O/c1-10(19)13-5-4-12(6-14(13)15)17(2)8-11-7-16-18(3)9-11/h4-7,9-10,19H,8H2,1-3H3/t10-/m1/s1. The maximum absolute atomic E-state index is 9.62. The number of halogens is 1. The highest BCUT2D eigenvalue weighted by molar-refractivity contribution is 9.10. The molecule has 0 amide bonds. The smallest absolute Gasteiger partial charge is 0.0772 e. The highest BCUT2D eigenvalue weighted by Gasteiger charge is 2.09. The molecule has 0 unspecified atom stereocenters. The van der Waals surface area contributed by atoms with Crippen LogP contribution < -0.4 is 4.90 Å². The first-order valence-electron chi connectivity index (χ1n) is 6.13. The maximum Gasteiger partial charge on any atom is 0.0772 e. The highest BCUT2D eigenvalue weighted by Crippen LogP contribution is 2.28. The van der Waals surface area contributed by atoms with Crippen LogP contribution in [0.2, 0.25) is 0 Å². The Labute approximate surface area is 121 Å². The normalized spacial score (nSPS) is 12.5. The van der Waals surface area contributed by atoms with Crippen molar-refractivity contribution in [1.29, 1.82) is 0 Å². The molecule has 2 rings (SSSR count). The Hall–Kier alpha value is -1.33. The highest BCUT2D eigenvalue weighted by atomic mass is 79.9. The van der Waals surface area contributed by atoms with Gasteiger partial charge in [0.05, 0.1) is 12.3 Å². The fourth-order valence-electron chi connectivity index (χ4n) is 2.01. The van der Waals surface area contributed by atoms with Gasteiger partial charge in [-0.05, 0) is 24.6 Å². The number of nitrogens with zero attached hydrogens (tertiary/aromatic N) is 3. The summed E-state index contributed by atoms with van der Waals surface area (Å²) in [6, 6.07) is 5.99. The van der Waals surface area contributed by atoms with Gasteiger partial charge in [0, 0.05) is 42.6 Å². The Balaban J connectivity index is 2.15. The molecule has 1 atom stereocenters. The Morgan fingerprint density at radius 1 is 1.47 bits per heavy atom. The number of aromatic nitrogens is 2. The SMILES string of the molecule is C[C@@H](O)c1ccc(N(C)Cc2cnn(C)c2)cc1Br. The van der Waals surface area contributed by atoms with Gasteiger partial charge in [0.1, 0.15) is 0 Å². The molecule has 4 nitrogen and oxygen atoms in total. The third-order valence-corrected chi connectivity index (χ3v) is 3.74. The van der Waals surface area contributed by atoms with E-state index in [0.29, 0.717) is 0 Å². The van der Waals surface area contributed by atoms with E-state index < -0.39 is 6.10 Å². The minimum atomic E-state index is -0.466. The summed E-state index contributed by atoms with van der Waals surface area (Å²) in [5.41, 5.74) is 3.17. The van der Waals surface area contributed by atoms with E-state index >= 15 is 0 Å². The molecular formula is C14H18BrN3O.